The fourth-order valence-corrected chi connectivity index (χ4v) is 2.40. The molecule has 1 saturated heterocycles. The molecule has 0 aromatic heterocycles. The third-order valence-corrected chi connectivity index (χ3v) is 3.58. The van der Waals surface area contributed by atoms with Crippen molar-refractivity contribution in [3.05, 3.63) is 0 Å². The van der Waals surface area contributed by atoms with Crippen molar-refractivity contribution < 1.29 is 9.47 Å². The van der Waals surface area contributed by atoms with Crippen LogP contribution in [0.15, 0.2) is 0 Å². The zero-order valence-electron chi connectivity index (χ0n) is 12.3. The van der Waals surface area contributed by atoms with Gasteiger partial charge in [0.1, 0.15) is 0 Å². The van der Waals surface area contributed by atoms with Crippen LogP contribution >= 0.6 is 0 Å². The molecule has 0 aromatic carbocycles. The first kappa shape index (κ1) is 15.9. The molecule has 108 valence electrons. The summed E-state index contributed by atoms with van der Waals surface area (Å²) < 4.78 is 10.5. The van der Waals surface area contributed by atoms with E-state index in [1.165, 1.54) is 32.5 Å². The molecule has 1 N–H and O–H groups in total. The molecular weight excluding hydrogens is 228 g/mol. The van der Waals surface area contributed by atoms with Gasteiger partial charge in [-0.05, 0) is 45.7 Å². The van der Waals surface area contributed by atoms with Crippen LogP contribution in [0.2, 0.25) is 0 Å². The van der Waals surface area contributed by atoms with Crippen LogP contribution in [-0.2, 0) is 9.47 Å². The fourth-order valence-electron chi connectivity index (χ4n) is 2.40. The highest BCUT2D eigenvalue weighted by Crippen LogP contribution is 2.13. The van der Waals surface area contributed by atoms with Gasteiger partial charge in [0, 0.05) is 26.2 Å². The molecule has 1 fully saturated rings. The van der Waals surface area contributed by atoms with Gasteiger partial charge in [-0.1, -0.05) is 0 Å². The smallest absolute Gasteiger partial charge is 0.0700 e. The molecule has 0 amide bonds. The Kier molecular flexibility index (Phi) is 8.59. The van der Waals surface area contributed by atoms with Gasteiger partial charge in [0.15, 0.2) is 0 Å². The van der Waals surface area contributed by atoms with Gasteiger partial charge in [0.05, 0.1) is 19.8 Å². The average Bonchev–Trinajstić information content (AvgIpc) is 2.38. The lowest BCUT2D eigenvalue weighted by molar-refractivity contribution is 0.0477. The third kappa shape index (κ3) is 6.69. The van der Waals surface area contributed by atoms with E-state index in [9.17, 15) is 0 Å². The molecule has 0 saturated carbocycles. The summed E-state index contributed by atoms with van der Waals surface area (Å²) in [4.78, 5) is 2.53. The predicted octanol–water partition coefficient (Wildman–Crippen LogP) is 1.36. The number of hydrogen-bond acceptors (Lipinski definition) is 4. The van der Waals surface area contributed by atoms with Crippen LogP contribution in [0, 0.1) is 5.92 Å². The Hall–Kier alpha value is -0.160. The van der Waals surface area contributed by atoms with Gasteiger partial charge in [-0.2, -0.15) is 0 Å². The number of hydrogen-bond donors (Lipinski definition) is 1. The maximum Gasteiger partial charge on any atom is 0.0700 e. The van der Waals surface area contributed by atoms with Crippen LogP contribution in [0.5, 0.6) is 0 Å². The van der Waals surface area contributed by atoms with Crippen LogP contribution < -0.4 is 5.32 Å². The van der Waals surface area contributed by atoms with E-state index >= 15 is 0 Å². The number of methoxy groups -OCH3 is 1. The Morgan fingerprint density at radius 2 is 2.11 bits per heavy atom. The second-order valence-corrected chi connectivity index (χ2v) is 5.41. The quantitative estimate of drug-likeness (QED) is 0.633. The molecule has 0 aliphatic carbocycles. The summed E-state index contributed by atoms with van der Waals surface area (Å²) in [6.07, 6.45) is 2.68. The summed E-state index contributed by atoms with van der Waals surface area (Å²) in [6, 6.07) is 0.595. The Balaban J connectivity index is 2.17. The molecule has 1 rings (SSSR count). The van der Waals surface area contributed by atoms with Gasteiger partial charge < -0.3 is 14.8 Å². The normalized spacial score (nSPS) is 20.8. The van der Waals surface area contributed by atoms with Gasteiger partial charge in [0.25, 0.3) is 0 Å². The van der Waals surface area contributed by atoms with Crippen LogP contribution in [0.25, 0.3) is 0 Å². The van der Waals surface area contributed by atoms with Gasteiger partial charge in [-0.25, -0.2) is 0 Å². The summed E-state index contributed by atoms with van der Waals surface area (Å²) in [7, 11) is 1.71. The monoisotopic (exact) mass is 258 g/mol. The Morgan fingerprint density at radius 1 is 1.28 bits per heavy atom. The van der Waals surface area contributed by atoms with E-state index in [1.54, 1.807) is 7.11 Å². The molecule has 18 heavy (non-hydrogen) atoms. The average molecular weight is 258 g/mol. The third-order valence-electron chi connectivity index (χ3n) is 3.58. The molecule has 1 aliphatic heterocycles. The summed E-state index contributed by atoms with van der Waals surface area (Å²) in [5.74, 6) is 0.806. The zero-order valence-corrected chi connectivity index (χ0v) is 12.3. The highest BCUT2D eigenvalue weighted by atomic mass is 16.5. The molecule has 0 spiro atoms. The highest BCUT2D eigenvalue weighted by molar-refractivity contribution is 4.74. The van der Waals surface area contributed by atoms with E-state index in [4.69, 9.17) is 9.47 Å². The van der Waals surface area contributed by atoms with E-state index in [0.717, 1.165) is 19.1 Å². The topological polar surface area (TPSA) is 33.7 Å². The van der Waals surface area contributed by atoms with Crippen LogP contribution in [0.1, 0.15) is 26.7 Å². The first-order valence-corrected chi connectivity index (χ1v) is 7.25. The first-order chi connectivity index (χ1) is 8.74. The van der Waals surface area contributed by atoms with Gasteiger partial charge in [0.2, 0.25) is 0 Å². The molecule has 4 nitrogen and oxygen atoms in total. The van der Waals surface area contributed by atoms with Crippen molar-refractivity contribution in [2.45, 2.75) is 32.7 Å². The second-order valence-electron chi connectivity index (χ2n) is 5.41. The van der Waals surface area contributed by atoms with Crippen molar-refractivity contribution >= 4 is 0 Å². The summed E-state index contributed by atoms with van der Waals surface area (Å²) in [6.45, 7) is 11.3. The lowest BCUT2D eigenvalue weighted by Gasteiger charge is -2.32. The number of nitrogens with one attached hydrogen (secondary N) is 1. The van der Waals surface area contributed by atoms with Crippen molar-refractivity contribution in [2.75, 3.05) is 53.1 Å². The van der Waals surface area contributed by atoms with E-state index in [0.29, 0.717) is 19.3 Å². The SMILES string of the molecule is COCCOCCN(CC1CCCNC1)C(C)C. The summed E-state index contributed by atoms with van der Waals surface area (Å²) in [5.41, 5.74) is 0. The Bertz CT molecular complexity index is 194. The molecule has 1 atom stereocenters. The molecule has 0 bridgehead atoms. The molecule has 0 radical (unpaired) electrons. The highest BCUT2D eigenvalue weighted by Gasteiger charge is 2.18. The van der Waals surface area contributed by atoms with Crippen molar-refractivity contribution in [1.82, 2.24) is 10.2 Å². The molecule has 0 aromatic rings. The van der Waals surface area contributed by atoms with Crippen molar-refractivity contribution in [3.8, 4) is 0 Å². The maximum absolute atomic E-state index is 5.56. The van der Waals surface area contributed by atoms with Crippen molar-refractivity contribution in [2.24, 2.45) is 5.92 Å². The number of rotatable bonds is 9. The molecule has 4 heteroatoms. The summed E-state index contributed by atoms with van der Waals surface area (Å²) in [5, 5.41) is 3.49. The first-order valence-electron chi connectivity index (χ1n) is 7.25. The predicted molar refractivity (Wildman–Crippen MR) is 75.0 cm³/mol. The minimum absolute atomic E-state index is 0.595. The summed E-state index contributed by atoms with van der Waals surface area (Å²) >= 11 is 0. The van der Waals surface area contributed by atoms with E-state index < -0.39 is 0 Å². The number of piperidine rings is 1. The lowest BCUT2D eigenvalue weighted by Crippen LogP contribution is -2.42. The molecular formula is C14H30N2O2. The number of nitrogens with zero attached hydrogens (tertiary/aromatic N) is 1. The Morgan fingerprint density at radius 3 is 2.72 bits per heavy atom. The fraction of sp³-hybridized carbons (Fsp3) is 1.00. The molecule has 1 unspecified atom stereocenters. The Labute approximate surface area is 112 Å². The van der Waals surface area contributed by atoms with Gasteiger partial charge in [-0.15, -0.1) is 0 Å². The minimum atomic E-state index is 0.595. The van der Waals surface area contributed by atoms with E-state index in [1.807, 2.05) is 0 Å². The van der Waals surface area contributed by atoms with E-state index in [2.05, 4.69) is 24.1 Å². The van der Waals surface area contributed by atoms with Crippen molar-refractivity contribution in [1.29, 1.82) is 0 Å². The zero-order chi connectivity index (χ0) is 13.2. The largest absolute Gasteiger partial charge is 0.382 e. The van der Waals surface area contributed by atoms with Gasteiger partial charge >= 0.3 is 0 Å². The number of ether oxygens (including phenoxy) is 2. The maximum atomic E-state index is 5.56. The lowest BCUT2D eigenvalue weighted by atomic mass is 9.98. The van der Waals surface area contributed by atoms with Crippen molar-refractivity contribution in [3.63, 3.8) is 0 Å². The van der Waals surface area contributed by atoms with E-state index in [-0.39, 0.29) is 0 Å². The van der Waals surface area contributed by atoms with Crippen LogP contribution in [0.4, 0.5) is 0 Å². The van der Waals surface area contributed by atoms with Crippen LogP contribution in [0.3, 0.4) is 0 Å². The van der Waals surface area contributed by atoms with Crippen LogP contribution in [-0.4, -0.2) is 64.1 Å². The second kappa shape index (κ2) is 9.73. The molecule has 1 heterocycles. The molecule has 1 aliphatic rings. The van der Waals surface area contributed by atoms with Gasteiger partial charge in [-0.3, -0.25) is 4.90 Å². The standard InChI is InChI=1S/C14H30N2O2/c1-13(2)16(7-8-18-10-9-17-3)12-14-5-4-6-15-11-14/h13-15H,4-12H2,1-3H3. The minimum Gasteiger partial charge on any atom is -0.382 e.